The maximum absolute atomic E-state index is 13.3. The van der Waals surface area contributed by atoms with Gasteiger partial charge in [0.25, 0.3) is 6.47 Å². The van der Waals surface area contributed by atoms with Gasteiger partial charge >= 0.3 is 0 Å². The van der Waals surface area contributed by atoms with Crippen LogP contribution in [0.4, 0.5) is 10.1 Å². The minimum absolute atomic E-state index is 0.0715. The van der Waals surface area contributed by atoms with Crippen molar-refractivity contribution in [3.8, 4) is 17.0 Å². The number of aromatic amines is 1. The van der Waals surface area contributed by atoms with Crippen molar-refractivity contribution in [1.29, 1.82) is 0 Å². The highest BCUT2D eigenvalue weighted by Gasteiger charge is 2.29. The number of hydrogen-bond donors (Lipinski definition) is 3. The van der Waals surface area contributed by atoms with Crippen LogP contribution in [-0.2, 0) is 14.3 Å². The molecule has 9 heteroatoms. The van der Waals surface area contributed by atoms with Gasteiger partial charge < -0.3 is 19.9 Å². The van der Waals surface area contributed by atoms with Crippen LogP contribution in [0.15, 0.2) is 48.7 Å². The fourth-order valence-electron chi connectivity index (χ4n) is 3.46. The summed E-state index contributed by atoms with van der Waals surface area (Å²) >= 11 is 0. The molecule has 0 fully saturated rings. The molecule has 162 valence electrons. The molecule has 0 saturated carbocycles. The van der Waals surface area contributed by atoms with Crippen molar-refractivity contribution in [2.24, 2.45) is 0 Å². The highest BCUT2D eigenvalue weighted by molar-refractivity contribution is 5.96. The molecule has 31 heavy (non-hydrogen) atoms. The Morgan fingerprint density at radius 1 is 1.19 bits per heavy atom. The summed E-state index contributed by atoms with van der Waals surface area (Å²) in [6, 6.07) is 11.9. The number of carbonyl (C=O) groups is 2. The van der Waals surface area contributed by atoms with Crippen LogP contribution >= 0.6 is 0 Å². The summed E-state index contributed by atoms with van der Waals surface area (Å²) in [4.78, 5) is 20.7. The molecule has 1 amide bonds. The maximum atomic E-state index is 13.3. The van der Waals surface area contributed by atoms with E-state index in [-0.39, 0.29) is 24.1 Å². The number of carboxylic acid groups (broad SMARTS) is 1. The van der Waals surface area contributed by atoms with Gasteiger partial charge in [0, 0.05) is 42.3 Å². The van der Waals surface area contributed by atoms with Gasteiger partial charge in [-0.2, -0.15) is 5.10 Å². The van der Waals surface area contributed by atoms with Crippen LogP contribution in [-0.4, -0.2) is 48.0 Å². The molecule has 1 aliphatic heterocycles. The summed E-state index contributed by atoms with van der Waals surface area (Å²) in [5, 5.41) is 17.0. The van der Waals surface area contributed by atoms with Crippen LogP contribution in [0.2, 0.25) is 0 Å². The number of halogens is 1. The second kappa shape index (κ2) is 10.4. The highest BCUT2D eigenvalue weighted by Crippen LogP contribution is 2.41. The van der Waals surface area contributed by atoms with Crippen molar-refractivity contribution in [3.05, 3.63) is 65.6 Å². The predicted octanol–water partition coefficient (Wildman–Crippen LogP) is 3.42. The van der Waals surface area contributed by atoms with Gasteiger partial charge in [0.2, 0.25) is 5.91 Å². The molecular weight excluding hydrogens is 405 g/mol. The number of H-pyrrole nitrogens is 1. The first kappa shape index (κ1) is 22.0. The lowest BCUT2D eigenvalue weighted by atomic mass is 9.84. The molecule has 2 aromatic carbocycles. The molecule has 3 aromatic rings. The van der Waals surface area contributed by atoms with Gasteiger partial charge in [-0.1, -0.05) is 6.07 Å². The summed E-state index contributed by atoms with van der Waals surface area (Å²) in [5.41, 5.74) is 4.22. The van der Waals surface area contributed by atoms with Gasteiger partial charge in [-0.3, -0.25) is 14.7 Å². The predicted molar refractivity (Wildman–Crippen MR) is 112 cm³/mol. The number of nitrogens with one attached hydrogen (secondary N) is 2. The summed E-state index contributed by atoms with van der Waals surface area (Å²) in [5.74, 6) is 0.143. The van der Waals surface area contributed by atoms with E-state index in [9.17, 15) is 9.18 Å². The molecule has 0 bridgehead atoms. The fraction of sp³-hybridized carbons (Fsp3) is 0.227. The van der Waals surface area contributed by atoms with E-state index in [0.717, 1.165) is 28.1 Å². The lowest BCUT2D eigenvalue weighted by Crippen LogP contribution is -2.23. The Kier molecular flexibility index (Phi) is 7.34. The van der Waals surface area contributed by atoms with Gasteiger partial charge in [0.1, 0.15) is 18.2 Å². The quantitative estimate of drug-likeness (QED) is 0.410. The Morgan fingerprint density at radius 2 is 1.94 bits per heavy atom. The van der Waals surface area contributed by atoms with Crippen molar-refractivity contribution >= 4 is 18.1 Å². The number of nitrogens with zero attached hydrogens (tertiary/aromatic N) is 1. The Labute approximate surface area is 178 Å². The molecule has 4 rings (SSSR count). The fourth-order valence-corrected chi connectivity index (χ4v) is 3.46. The first-order chi connectivity index (χ1) is 15.1. The third kappa shape index (κ3) is 5.26. The zero-order valence-electron chi connectivity index (χ0n) is 16.8. The van der Waals surface area contributed by atoms with Crippen molar-refractivity contribution in [2.75, 3.05) is 25.6 Å². The Hall–Kier alpha value is -3.72. The number of carbonyl (C=O) groups excluding carboxylic acids is 1. The Bertz CT molecular complexity index is 1040. The first-order valence-corrected chi connectivity index (χ1v) is 9.50. The summed E-state index contributed by atoms with van der Waals surface area (Å²) in [6.07, 6.45) is 2.04. The van der Waals surface area contributed by atoms with E-state index in [0.29, 0.717) is 25.4 Å². The number of fused-ring (bicyclic) bond motifs is 1. The number of anilines is 1. The van der Waals surface area contributed by atoms with Crippen molar-refractivity contribution in [2.45, 2.75) is 12.3 Å². The molecule has 3 N–H and O–H groups in total. The monoisotopic (exact) mass is 427 g/mol. The number of aromatic nitrogens is 2. The Balaban J connectivity index is 0.000000858. The second-order valence-electron chi connectivity index (χ2n) is 6.71. The van der Waals surface area contributed by atoms with Crippen LogP contribution in [0.25, 0.3) is 11.3 Å². The van der Waals surface area contributed by atoms with E-state index in [1.807, 2.05) is 18.2 Å². The Morgan fingerprint density at radius 3 is 2.65 bits per heavy atom. The van der Waals surface area contributed by atoms with E-state index in [4.69, 9.17) is 19.4 Å². The molecule has 8 nitrogen and oxygen atoms in total. The lowest BCUT2D eigenvalue weighted by Gasteiger charge is -2.26. The van der Waals surface area contributed by atoms with Crippen molar-refractivity contribution in [3.63, 3.8) is 0 Å². The van der Waals surface area contributed by atoms with Gasteiger partial charge in [0.05, 0.1) is 18.5 Å². The van der Waals surface area contributed by atoms with E-state index < -0.39 is 0 Å². The van der Waals surface area contributed by atoms with Crippen LogP contribution in [0, 0.1) is 5.82 Å². The number of benzene rings is 2. The molecule has 2 heterocycles. The van der Waals surface area contributed by atoms with E-state index in [2.05, 4.69) is 15.5 Å². The largest absolute Gasteiger partial charge is 0.491 e. The standard InChI is InChI=1S/C21H20FN3O3.CH2O2/c1-27-8-9-28-15-6-7-16-17(11-20(26)24-19(16)10-15)18-12-23-25-21(18)13-2-4-14(22)5-3-13;2-1-3/h2-7,10,12,17H,8-9,11H2,1H3,(H,23,25)(H,24,26);1H,(H,2,3). The average Bonchev–Trinajstić information content (AvgIpc) is 3.24. The molecule has 1 aliphatic rings. The minimum atomic E-state index is -0.298. The third-order valence-corrected chi connectivity index (χ3v) is 4.80. The number of hydrogen-bond acceptors (Lipinski definition) is 5. The molecule has 0 radical (unpaired) electrons. The van der Waals surface area contributed by atoms with Gasteiger partial charge in [0.15, 0.2) is 0 Å². The molecule has 0 aliphatic carbocycles. The SMILES string of the molecule is COCCOc1ccc2c(c1)NC(=O)CC2c1cn[nH]c1-c1ccc(F)cc1.O=CO. The lowest BCUT2D eigenvalue weighted by molar-refractivity contribution is -0.123. The van der Waals surface area contributed by atoms with E-state index >= 15 is 0 Å². The topological polar surface area (TPSA) is 114 Å². The zero-order valence-corrected chi connectivity index (χ0v) is 16.8. The van der Waals surface area contributed by atoms with Crippen LogP contribution in [0.1, 0.15) is 23.5 Å². The zero-order chi connectivity index (χ0) is 22.2. The highest BCUT2D eigenvalue weighted by atomic mass is 19.1. The molecule has 0 saturated heterocycles. The van der Waals surface area contributed by atoms with Crippen molar-refractivity contribution < 1.29 is 28.6 Å². The first-order valence-electron chi connectivity index (χ1n) is 9.50. The third-order valence-electron chi connectivity index (χ3n) is 4.80. The molecule has 1 aromatic heterocycles. The molecule has 1 atom stereocenters. The number of amides is 1. The van der Waals surface area contributed by atoms with E-state index in [1.165, 1.54) is 12.1 Å². The van der Waals surface area contributed by atoms with Crippen LogP contribution < -0.4 is 10.1 Å². The molecule has 1 unspecified atom stereocenters. The second-order valence-corrected chi connectivity index (χ2v) is 6.71. The van der Waals surface area contributed by atoms with Crippen LogP contribution in [0.3, 0.4) is 0 Å². The minimum Gasteiger partial charge on any atom is -0.491 e. The average molecular weight is 427 g/mol. The van der Waals surface area contributed by atoms with Gasteiger partial charge in [-0.25, -0.2) is 4.39 Å². The van der Waals surface area contributed by atoms with E-state index in [1.54, 1.807) is 25.4 Å². The summed E-state index contributed by atoms with van der Waals surface area (Å²) < 4.78 is 23.9. The summed E-state index contributed by atoms with van der Waals surface area (Å²) in [6.45, 7) is 0.672. The maximum Gasteiger partial charge on any atom is 0.290 e. The number of ether oxygens (including phenoxy) is 2. The normalized spacial score (nSPS) is 14.6. The molecule has 0 spiro atoms. The molecular formula is C22H22FN3O5. The van der Waals surface area contributed by atoms with Gasteiger partial charge in [-0.15, -0.1) is 0 Å². The van der Waals surface area contributed by atoms with Crippen molar-refractivity contribution in [1.82, 2.24) is 10.2 Å². The smallest absolute Gasteiger partial charge is 0.290 e. The van der Waals surface area contributed by atoms with Gasteiger partial charge in [-0.05, 0) is 35.9 Å². The van der Waals surface area contributed by atoms with Crippen LogP contribution in [0.5, 0.6) is 5.75 Å². The number of rotatable bonds is 6. The number of methoxy groups -OCH3 is 1. The summed E-state index contributed by atoms with van der Waals surface area (Å²) in [7, 11) is 1.62.